The van der Waals surface area contributed by atoms with Crippen LogP contribution in [0.25, 0.3) is 0 Å². The summed E-state index contributed by atoms with van der Waals surface area (Å²) in [6.45, 7) is 4.60. The number of rotatable bonds is 10. The molecule has 0 spiro atoms. The topological polar surface area (TPSA) is 0 Å². The zero-order valence-electron chi connectivity index (χ0n) is 17.4. The van der Waals surface area contributed by atoms with E-state index in [9.17, 15) is 0 Å². The Labute approximate surface area is 172 Å². The molecule has 0 nitrogen and oxygen atoms in total. The second kappa shape index (κ2) is 11.2. The summed E-state index contributed by atoms with van der Waals surface area (Å²) in [6, 6.07) is 31.6. The number of unbranched alkanes of at least 4 members (excludes halogenated alkanes) is 2. The molecule has 0 radical (unpaired) electrons. The maximum atomic E-state index is 2.41. The lowest BCUT2D eigenvalue weighted by atomic mass is 9.89. The van der Waals surface area contributed by atoms with Gasteiger partial charge in [0.15, 0.2) is 0 Å². The molecule has 0 saturated heterocycles. The third-order valence-corrected chi connectivity index (χ3v) is 7.91. The van der Waals surface area contributed by atoms with Crippen LogP contribution in [0.3, 0.4) is 0 Å². The quantitative estimate of drug-likeness (QED) is 0.331. The van der Waals surface area contributed by atoms with E-state index in [2.05, 4.69) is 98.8 Å². The third kappa shape index (κ3) is 5.55. The van der Waals surface area contributed by atoms with Crippen LogP contribution in [-0.4, -0.2) is 0 Å². The van der Waals surface area contributed by atoms with Gasteiger partial charge in [0.05, 0.1) is 0 Å². The summed E-state index contributed by atoms with van der Waals surface area (Å²) in [7, 11) is -0.500. The lowest BCUT2D eigenvalue weighted by Crippen LogP contribution is -2.20. The summed E-state index contributed by atoms with van der Waals surface area (Å²) in [4.78, 5) is 0. The van der Waals surface area contributed by atoms with Gasteiger partial charge in [-0.3, -0.25) is 0 Å². The van der Waals surface area contributed by atoms with E-state index in [0.717, 1.165) is 0 Å². The van der Waals surface area contributed by atoms with Crippen molar-refractivity contribution in [3.05, 3.63) is 90.5 Å². The third-order valence-electron chi connectivity index (χ3n) is 5.46. The molecular weight excluding hydrogens is 355 g/mol. The lowest BCUT2D eigenvalue weighted by molar-refractivity contribution is 0.525. The fraction of sp³-hybridized carbons (Fsp3) is 0.333. The Morgan fingerprint density at radius 3 is 1.43 bits per heavy atom. The first-order chi connectivity index (χ1) is 13.8. The second-order valence-corrected chi connectivity index (χ2v) is 9.80. The van der Waals surface area contributed by atoms with E-state index in [4.69, 9.17) is 0 Å². The van der Waals surface area contributed by atoms with Crippen molar-refractivity contribution in [2.75, 3.05) is 0 Å². The van der Waals surface area contributed by atoms with Crippen molar-refractivity contribution in [2.24, 2.45) is 0 Å². The van der Waals surface area contributed by atoms with Crippen LogP contribution in [0.15, 0.2) is 84.9 Å². The molecule has 3 aromatic carbocycles. The van der Waals surface area contributed by atoms with Crippen LogP contribution < -0.4 is 15.9 Å². The smallest absolute Gasteiger partial charge is 0.0134 e. The van der Waals surface area contributed by atoms with Crippen molar-refractivity contribution < 1.29 is 0 Å². The molecule has 3 rings (SSSR count). The van der Waals surface area contributed by atoms with Crippen molar-refractivity contribution in [1.29, 1.82) is 0 Å². The summed E-state index contributed by atoms with van der Waals surface area (Å²) in [6.07, 6.45) is 7.87. The Hall–Kier alpha value is -1.91. The molecule has 0 unspecified atom stereocenters. The van der Waals surface area contributed by atoms with Gasteiger partial charge in [0.25, 0.3) is 0 Å². The molecular formula is C27H33P. The normalized spacial score (nSPS) is 11.3. The van der Waals surface area contributed by atoms with Gasteiger partial charge in [-0.2, -0.15) is 0 Å². The molecule has 0 aromatic heterocycles. The Morgan fingerprint density at radius 1 is 0.571 bits per heavy atom. The van der Waals surface area contributed by atoms with E-state index in [1.54, 1.807) is 0 Å². The highest BCUT2D eigenvalue weighted by Crippen LogP contribution is 2.34. The van der Waals surface area contributed by atoms with Gasteiger partial charge in [0, 0.05) is 0 Å². The first-order valence-corrected chi connectivity index (χ1v) is 12.2. The fourth-order valence-electron chi connectivity index (χ4n) is 3.88. The van der Waals surface area contributed by atoms with Gasteiger partial charge in [-0.05, 0) is 48.2 Å². The highest BCUT2D eigenvalue weighted by molar-refractivity contribution is 7.79. The zero-order chi connectivity index (χ0) is 19.6. The number of hydrogen-bond acceptors (Lipinski definition) is 0. The summed E-state index contributed by atoms with van der Waals surface area (Å²) < 4.78 is 0. The highest BCUT2D eigenvalue weighted by atomic mass is 31.1. The molecule has 0 N–H and O–H groups in total. The zero-order valence-corrected chi connectivity index (χ0v) is 18.2. The minimum atomic E-state index is -0.500. The van der Waals surface area contributed by atoms with Crippen molar-refractivity contribution in [3.63, 3.8) is 0 Å². The highest BCUT2D eigenvalue weighted by Gasteiger charge is 2.17. The molecule has 1 heteroatoms. The standard InChI is InChI=1S/C27H33P/c1-3-5-13-23(14-6-4-2)24-19-21-27(22-20-24)28(25-15-9-7-10-16-25)26-17-11-8-12-18-26/h7-12,15-23H,3-6,13-14H2,1-2H3. The van der Waals surface area contributed by atoms with E-state index in [1.807, 2.05) is 0 Å². The number of benzene rings is 3. The predicted molar refractivity (Wildman–Crippen MR) is 127 cm³/mol. The van der Waals surface area contributed by atoms with Gasteiger partial charge in [0.2, 0.25) is 0 Å². The molecule has 0 atom stereocenters. The summed E-state index contributed by atoms with van der Waals surface area (Å²) >= 11 is 0. The minimum Gasteiger partial charge on any atom is -0.0654 e. The van der Waals surface area contributed by atoms with Crippen molar-refractivity contribution in [3.8, 4) is 0 Å². The Balaban J connectivity index is 1.89. The van der Waals surface area contributed by atoms with Crippen LogP contribution >= 0.6 is 7.92 Å². The maximum absolute atomic E-state index is 2.41. The van der Waals surface area contributed by atoms with Crippen molar-refractivity contribution in [1.82, 2.24) is 0 Å². The monoisotopic (exact) mass is 388 g/mol. The van der Waals surface area contributed by atoms with Crippen LogP contribution in [0.1, 0.15) is 63.9 Å². The van der Waals surface area contributed by atoms with Gasteiger partial charge in [-0.15, -0.1) is 0 Å². The van der Waals surface area contributed by atoms with Crippen LogP contribution in [-0.2, 0) is 0 Å². The Morgan fingerprint density at radius 2 is 1.00 bits per heavy atom. The van der Waals surface area contributed by atoms with Gasteiger partial charge in [-0.25, -0.2) is 0 Å². The Bertz CT molecular complexity index is 745. The summed E-state index contributed by atoms with van der Waals surface area (Å²) in [5.74, 6) is 0.716. The van der Waals surface area contributed by atoms with Crippen molar-refractivity contribution >= 4 is 23.8 Å². The van der Waals surface area contributed by atoms with E-state index < -0.39 is 7.92 Å². The largest absolute Gasteiger partial charge is 0.0654 e. The molecule has 0 saturated carbocycles. The Kier molecular flexibility index (Phi) is 8.31. The molecule has 0 aliphatic heterocycles. The van der Waals surface area contributed by atoms with Crippen molar-refractivity contribution in [2.45, 2.75) is 58.3 Å². The van der Waals surface area contributed by atoms with Gasteiger partial charge in [0.1, 0.15) is 0 Å². The molecule has 0 fully saturated rings. The minimum absolute atomic E-state index is 0.500. The fourth-order valence-corrected chi connectivity index (χ4v) is 6.16. The first-order valence-electron chi connectivity index (χ1n) is 10.8. The van der Waals surface area contributed by atoms with E-state index in [1.165, 1.54) is 60.0 Å². The molecule has 0 heterocycles. The molecule has 146 valence electrons. The lowest BCUT2D eigenvalue weighted by Gasteiger charge is -2.21. The van der Waals surface area contributed by atoms with Crippen LogP contribution in [0, 0.1) is 0 Å². The molecule has 0 amide bonds. The number of hydrogen-bond donors (Lipinski definition) is 0. The van der Waals surface area contributed by atoms with Gasteiger partial charge >= 0.3 is 0 Å². The van der Waals surface area contributed by atoms with Gasteiger partial charge < -0.3 is 0 Å². The van der Waals surface area contributed by atoms with E-state index in [-0.39, 0.29) is 0 Å². The molecule has 0 aliphatic carbocycles. The average Bonchev–Trinajstić information content (AvgIpc) is 2.76. The second-order valence-electron chi connectivity index (χ2n) is 7.58. The van der Waals surface area contributed by atoms with Crippen LogP contribution in [0.2, 0.25) is 0 Å². The van der Waals surface area contributed by atoms with Crippen LogP contribution in [0.4, 0.5) is 0 Å². The molecule has 0 aliphatic rings. The van der Waals surface area contributed by atoms with E-state index in [0.29, 0.717) is 5.92 Å². The molecule has 3 aromatic rings. The van der Waals surface area contributed by atoms with E-state index >= 15 is 0 Å². The average molecular weight is 389 g/mol. The first kappa shape index (κ1) is 20.8. The van der Waals surface area contributed by atoms with Gasteiger partial charge in [-0.1, -0.05) is 124 Å². The van der Waals surface area contributed by atoms with Crippen LogP contribution in [0.5, 0.6) is 0 Å². The molecule has 28 heavy (non-hydrogen) atoms. The maximum Gasteiger partial charge on any atom is -0.0134 e. The SMILES string of the molecule is CCCCC(CCCC)c1ccc(P(c2ccccc2)c2ccccc2)cc1. The molecule has 0 bridgehead atoms. The predicted octanol–water partition coefficient (Wildman–Crippen LogP) is 6.91. The summed E-state index contributed by atoms with van der Waals surface area (Å²) in [5.41, 5.74) is 1.53. The summed E-state index contributed by atoms with van der Waals surface area (Å²) in [5, 5.41) is 4.29.